The molecule has 3 nitrogen and oxygen atoms in total. The van der Waals surface area contributed by atoms with Crippen LogP contribution in [-0.4, -0.2) is 24.0 Å². The van der Waals surface area contributed by atoms with Crippen LogP contribution in [0.2, 0.25) is 0 Å². The van der Waals surface area contributed by atoms with E-state index >= 15 is 0 Å². The molecule has 0 aliphatic rings. The van der Waals surface area contributed by atoms with Crippen molar-refractivity contribution < 1.29 is 18.0 Å². The zero-order chi connectivity index (χ0) is 13.9. The van der Waals surface area contributed by atoms with Gasteiger partial charge in [-0.2, -0.15) is 13.2 Å². The molecule has 1 aromatic rings. The number of hydrogen-bond donors (Lipinski definition) is 1. The van der Waals surface area contributed by atoms with Crippen LogP contribution >= 0.6 is 0 Å². The summed E-state index contributed by atoms with van der Waals surface area (Å²) in [6.45, 7) is 3.62. The second kappa shape index (κ2) is 5.29. The molecule has 0 saturated carbocycles. The fourth-order valence-electron chi connectivity index (χ4n) is 1.22. The first-order valence-corrected chi connectivity index (χ1v) is 5.43. The van der Waals surface area contributed by atoms with Crippen molar-refractivity contribution in [3.8, 4) is 0 Å². The molecule has 0 saturated heterocycles. The minimum Gasteiger partial charge on any atom is -0.325 e. The summed E-state index contributed by atoms with van der Waals surface area (Å²) < 4.78 is 37.4. The topological polar surface area (TPSA) is 32.3 Å². The van der Waals surface area contributed by atoms with E-state index in [1.54, 1.807) is 7.05 Å². The summed E-state index contributed by atoms with van der Waals surface area (Å²) in [7, 11) is 1.58. The Hall–Kier alpha value is -1.72. The van der Waals surface area contributed by atoms with Crippen LogP contribution in [0.5, 0.6) is 0 Å². The number of anilines is 1. The van der Waals surface area contributed by atoms with Gasteiger partial charge in [-0.1, -0.05) is 6.07 Å². The summed E-state index contributed by atoms with van der Waals surface area (Å²) in [4.78, 5) is 13.1. The average Bonchev–Trinajstić information content (AvgIpc) is 2.27. The largest absolute Gasteiger partial charge is 0.416 e. The Kier molecular flexibility index (Phi) is 4.21. The van der Waals surface area contributed by atoms with E-state index < -0.39 is 17.8 Å². The summed E-state index contributed by atoms with van der Waals surface area (Å²) in [6, 6.07) is 4.07. The SMILES string of the molecule is CC(C)N(C)C(=O)Nc1cccc(C(F)(F)F)c1. The maximum Gasteiger partial charge on any atom is 0.416 e. The van der Waals surface area contributed by atoms with Crippen LogP contribution < -0.4 is 5.32 Å². The van der Waals surface area contributed by atoms with Gasteiger partial charge in [-0.3, -0.25) is 0 Å². The molecule has 1 N–H and O–H groups in total. The van der Waals surface area contributed by atoms with Gasteiger partial charge in [0.1, 0.15) is 0 Å². The van der Waals surface area contributed by atoms with E-state index in [0.717, 1.165) is 12.1 Å². The Morgan fingerprint density at radius 1 is 1.33 bits per heavy atom. The maximum absolute atomic E-state index is 12.5. The van der Waals surface area contributed by atoms with E-state index in [-0.39, 0.29) is 11.7 Å². The minimum atomic E-state index is -4.41. The second-order valence-corrected chi connectivity index (χ2v) is 4.21. The third kappa shape index (κ3) is 3.65. The van der Waals surface area contributed by atoms with Gasteiger partial charge < -0.3 is 10.2 Å². The lowest BCUT2D eigenvalue weighted by Gasteiger charge is -2.22. The Morgan fingerprint density at radius 3 is 2.44 bits per heavy atom. The Bertz CT molecular complexity index is 430. The summed E-state index contributed by atoms with van der Waals surface area (Å²) in [5.41, 5.74) is -0.658. The molecule has 1 aromatic carbocycles. The van der Waals surface area contributed by atoms with Crippen molar-refractivity contribution in [1.29, 1.82) is 0 Å². The molecule has 0 aliphatic carbocycles. The van der Waals surface area contributed by atoms with Gasteiger partial charge in [0.05, 0.1) is 5.56 Å². The van der Waals surface area contributed by atoms with E-state index in [2.05, 4.69) is 5.32 Å². The van der Waals surface area contributed by atoms with E-state index in [4.69, 9.17) is 0 Å². The summed E-state index contributed by atoms with van der Waals surface area (Å²) in [5, 5.41) is 2.42. The van der Waals surface area contributed by atoms with Gasteiger partial charge >= 0.3 is 12.2 Å². The van der Waals surface area contributed by atoms with Crippen LogP contribution in [-0.2, 0) is 6.18 Å². The fourth-order valence-corrected chi connectivity index (χ4v) is 1.22. The molecule has 0 bridgehead atoms. The highest BCUT2D eigenvalue weighted by Gasteiger charge is 2.30. The highest BCUT2D eigenvalue weighted by atomic mass is 19.4. The van der Waals surface area contributed by atoms with E-state index in [1.807, 2.05) is 13.8 Å². The molecule has 0 atom stereocenters. The van der Waals surface area contributed by atoms with Crippen LogP contribution in [0.25, 0.3) is 0 Å². The van der Waals surface area contributed by atoms with E-state index in [1.165, 1.54) is 17.0 Å². The Balaban J connectivity index is 2.83. The molecule has 0 heterocycles. The van der Waals surface area contributed by atoms with E-state index in [0.29, 0.717) is 0 Å². The van der Waals surface area contributed by atoms with E-state index in [9.17, 15) is 18.0 Å². The molecule has 1 rings (SSSR count). The highest BCUT2D eigenvalue weighted by Crippen LogP contribution is 2.30. The van der Waals surface area contributed by atoms with Crippen LogP contribution in [0.3, 0.4) is 0 Å². The molecule has 6 heteroatoms. The number of urea groups is 1. The number of rotatable bonds is 2. The summed E-state index contributed by atoms with van der Waals surface area (Å²) in [6.07, 6.45) is -4.41. The third-order valence-corrected chi connectivity index (χ3v) is 2.54. The second-order valence-electron chi connectivity index (χ2n) is 4.21. The zero-order valence-corrected chi connectivity index (χ0v) is 10.4. The molecular weight excluding hydrogens is 245 g/mol. The van der Waals surface area contributed by atoms with Crippen molar-refractivity contribution >= 4 is 11.7 Å². The third-order valence-electron chi connectivity index (χ3n) is 2.54. The van der Waals surface area contributed by atoms with Crippen LogP contribution in [0.1, 0.15) is 19.4 Å². The first-order chi connectivity index (χ1) is 8.21. The molecule has 0 spiro atoms. The van der Waals surface area contributed by atoms with Gasteiger partial charge in [0.15, 0.2) is 0 Å². The first-order valence-electron chi connectivity index (χ1n) is 5.43. The van der Waals surface area contributed by atoms with Crippen LogP contribution in [0.4, 0.5) is 23.7 Å². The number of halogens is 3. The summed E-state index contributed by atoms with van der Waals surface area (Å²) >= 11 is 0. The molecule has 0 fully saturated rings. The summed E-state index contributed by atoms with van der Waals surface area (Å²) in [5.74, 6) is 0. The number of nitrogens with one attached hydrogen (secondary N) is 1. The number of nitrogens with zero attached hydrogens (tertiary/aromatic N) is 1. The van der Waals surface area contributed by atoms with Crippen LogP contribution in [0.15, 0.2) is 24.3 Å². The number of carbonyl (C=O) groups is 1. The highest BCUT2D eigenvalue weighted by molar-refractivity contribution is 5.89. The van der Waals surface area contributed by atoms with Gasteiger partial charge in [-0.15, -0.1) is 0 Å². The quantitative estimate of drug-likeness (QED) is 0.866. The first kappa shape index (κ1) is 14.3. The Morgan fingerprint density at radius 2 is 1.94 bits per heavy atom. The van der Waals surface area contributed by atoms with Crippen molar-refractivity contribution in [2.45, 2.75) is 26.1 Å². The monoisotopic (exact) mass is 260 g/mol. The van der Waals surface area contributed by atoms with Gasteiger partial charge in [-0.05, 0) is 32.0 Å². The minimum absolute atomic E-state index is 0.0317. The van der Waals surface area contributed by atoms with Crippen molar-refractivity contribution in [2.75, 3.05) is 12.4 Å². The molecule has 0 aromatic heterocycles. The molecule has 0 radical (unpaired) electrons. The van der Waals surface area contributed by atoms with Gasteiger partial charge in [0.25, 0.3) is 0 Å². The van der Waals surface area contributed by atoms with Crippen molar-refractivity contribution in [2.24, 2.45) is 0 Å². The van der Waals surface area contributed by atoms with Crippen molar-refractivity contribution in [3.63, 3.8) is 0 Å². The lowest BCUT2D eigenvalue weighted by atomic mass is 10.2. The van der Waals surface area contributed by atoms with Crippen molar-refractivity contribution in [3.05, 3.63) is 29.8 Å². The number of carbonyl (C=O) groups excluding carboxylic acids is 1. The number of alkyl halides is 3. The predicted octanol–water partition coefficient (Wildman–Crippen LogP) is 3.58. The standard InChI is InChI=1S/C12H15F3N2O/c1-8(2)17(3)11(18)16-10-6-4-5-9(7-10)12(13,14)15/h4-8H,1-3H3,(H,16,18). The lowest BCUT2D eigenvalue weighted by molar-refractivity contribution is -0.137. The predicted molar refractivity (Wildman–Crippen MR) is 63.4 cm³/mol. The van der Waals surface area contributed by atoms with Gasteiger partial charge in [0.2, 0.25) is 0 Å². The number of benzene rings is 1. The maximum atomic E-state index is 12.5. The molecule has 0 unspecified atom stereocenters. The molecule has 0 aliphatic heterocycles. The number of amides is 2. The van der Waals surface area contributed by atoms with Gasteiger partial charge in [-0.25, -0.2) is 4.79 Å². The zero-order valence-electron chi connectivity index (χ0n) is 10.4. The van der Waals surface area contributed by atoms with Gasteiger partial charge in [0, 0.05) is 18.8 Å². The number of hydrogen-bond acceptors (Lipinski definition) is 1. The molecule has 100 valence electrons. The van der Waals surface area contributed by atoms with Crippen LogP contribution in [0, 0.1) is 0 Å². The fraction of sp³-hybridized carbons (Fsp3) is 0.417. The smallest absolute Gasteiger partial charge is 0.325 e. The molecular formula is C12H15F3N2O. The Labute approximate surface area is 104 Å². The molecule has 18 heavy (non-hydrogen) atoms. The normalized spacial score (nSPS) is 11.5. The molecule has 2 amide bonds. The van der Waals surface area contributed by atoms with Crippen molar-refractivity contribution in [1.82, 2.24) is 4.90 Å². The average molecular weight is 260 g/mol. The lowest BCUT2D eigenvalue weighted by Crippen LogP contribution is -2.36.